The number of carbonyl (C=O) groups is 2. The number of aromatic nitrogens is 1. The number of likely N-dealkylation sites (tertiary alicyclic amines) is 1. The monoisotopic (exact) mass is 411 g/mol. The SMILES string of the molecule is O=C(CCN(C[C@@H]1CCCO1)C(=O)c1cc(-c2ccccc2)on1)N1CCCCC1. The van der Waals surface area contributed by atoms with Crippen LogP contribution < -0.4 is 0 Å². The highest BCUT2D eigenvalue weighted by molar-refractivity contribution is 5.93. The van der Waals surface area contributed by atoms with Gasteiger partial charge in [-0.2, -0.15) is 0 Å². The highest BCUT2D eigenvalue weighted by Crippen LogP contribution is 2.22. The van der Waals surface area contributed by atoms with E-state index in [0.717, 1.165) is 50.9 Å². The maximum atomic E-state index is 13.2. The zero-order valence-corrected chi connectivity index (χ0v) is 17.3. The average molecular weight is 412 g/mol. The second-order valence-corrected chi connectivity index (χ2v) is 8.02. The van der Waals surface area contributed by atoms with Crippen LogP contribution in [-0.2, 0) is 9.53 Å². The van der Waals surface area contributed by atoms with Crippen molar-refractivity contribution in [2.75, 3.05) is 32.8 Å². The summed E-state index contributed by atoms with van der Waals surface area (Å²) in [7, 11) is 0. The number of hydrogen-bond acceptors (Lipinski definition) is 5. The van der Waals surface area contributed by atoms with Gasteiger partial charge < -0.3 is 19.1 Å². The third-order valence-electron chi connectivity index (χ3n) is 5.83. The Labute approximate surface area is 177 Å². The molecule has 0 saturated carbocycles. The zero-order valence-electron chi connectivity index (χ0n) is 17.3. The number of hydrogen-bond donors (Lipinski definition) is 0. The summed E-state index contributed by atoms with van der Waals surface area (Å²) in [6, 6.07) is 11.2. The first kappa shape index (κ1) is 20.6. The lowest BCUT2D eigenvalue weighted by Gasteiger charge is -2.29. The van der Waals surface area contributed by atoms with Crippen molar-refractivity contribution in [3.8, 4) is 11.3 Å². The van der Waals surface area contributed by atoms with Crippen LogP contribution in [0.5, 0.6) is 0 Å². The van der Waals surface area contributed by atoms with Gasteiger partial charge in [0.05, 0.1) is 6.10 Å². The van der Waals surface area contributed by atoms with Crippen LogP contribution >= 0.6 is 0 Å². The molecule has 0 aliphatic carbocycles. The molecule has 0 radical (unpaired) electrons. The van der Waals surface area contributed by atoms with E-state index in [1.165, 1.54) is 6.42 Å². The van der Waals surface area contributed by atoms with Crippen molar-refractivity contribution in [3.05, 3.63) is 42.1 Å². The van der Waals surface area contributed by atoms with E-state index in [9.17, 15) is 9.59 Å². The average Bonchev–Trinajstić information content (AvgIpc) is 3.49. The Kier molecular flexibility index (Phi) is 6.79. The van der Waals surface area contributed by atoms with E-state index < -0.39 is 0 Å². The summed E-state index contributed by atoms with van der Waals surface area (Å²) in [5, 5.41) is 4.00. The van der Waals surface area contributed by atoms with E-state index in [0.29, 0.717) is 25.3 Å². The Morgan fingerprint density at radius 2 is 1.90 bits per heavy atom. The molecule has 2 aliphatic heterocycles. The van der Waals surface area contributed by atoms with Crippen molar-refractivity contribution < 1.29 is 18.8 Å². The van der Waals surface area contributed by atoms with E-state index >= 15 is 0 Å². The Morgan fingerprint density at radius 1 is 1.10 bits per heavy atom. The van der Waals surface area contributed by atoms with Crippen molar-refractivity contribution >= 4 is 11.8 Å². The first-order chi connectivity index (χ1) is 14.7. The molecule has 3 heterocycles. The fourth-order valence-corrected chi connectivity index (χ4v) is 4.12. The Hall–Kier alpha value is -2.67. The summed E-state index contributed by atoms with van der Waals surface area (Å²) in [6.45, 7) is 3.20. The number of carbonyl (C=O) groups excluding carboxylic acids is 2. The van der Waals surface area contributed by atoms with Gasteiger partial charge in [0.2, 0.25) is 5.91 Å². The molecule has 2 saturated heterocycles. The van der Waals surface area contributed by atoms with Crippen LogP contribution in [0.2, 0.25) is 0 Å². The number of benzene rings is 1. The van der Waals surface area contributed by atoms with Gasteiger partial charge in [-0.05, 0) is 32.1 Å². The number of nitrogens with zero attached hydrogens (tertiary/aromatic N) is 3. The number of amides is 2. The first-order valence-electron chi connectivity index (χ1n) is 10.9. The summed E-state index contributed by atoms with van der Waals surface area (Å²) in [5.41, 5.74) is 1.13. The molecule has 1 aromatic carbocycles. The maximum Gasteiger partial charge on any atom is 0.276 e. The van der Waals surface area contributed by atoms with Gasteiger partial charge in [-0.3, -0.25) is 9.59 Å². The molecule has 0 spiro atoms. The lowest BCUT2D eigenvalue weighted by molar-refractivity contribution is -0.132. The Morgan fingerprint density at radius 3 is 2.63 bits per heavy atom. The van der Waals surface area contributed by atoms with E-state index in [1.807, 2.05) is 35.2 Å². The third kappa shape index (κ3) is 5.08. The molecule has 30 heavy (non-hydrogen) atoms. The third-order valence-corrected chi connectivity index (χ3v) is 5.83. The smallest absolute Gasteiger partial charge is 0.276 e. The van der Waals surface area contributed by atoms with Gasteiger partial charge in [-0.25, -0.2) is 0 Å². The Bertz CT molecular complexity index is 839. The minimum Gasteiger partial charge on any atom is -0.376 e. The molecule has 7 nitrogen and oxygen atoms in total. The van der Waals surface area contributed by atoms with Crippen molar-refractivity contribution in [1.82, 2.24) is 15.0 Å². The molecule has 0 bridgehead atoms. The lowest BCUT2D eigenvalue weighted by atomic mass is 10.1. The molecular weight excluding hydrogens is 382 g/mol. The summed E-state index contributed by atoms with van der Waals surface area (Å²) < 4.78 is 11.1. The van der Waals surface area contributed by atoms with Crippen LogP contribution in [-0.4, -0.2) is 65.7 Å². The summed E-state index contributed by atoms with van der Waals surface area (Å²) >= 11 is 0. The van der Waals surface area contributed by atoms with E-state index in [-0.39, 0.29) is 23.6 Å². The highest BCUT2D eigenvalue weighted by atomic mass is 16.5. The van der Waals surface area contributed by atoms with Crippen LogP contribution in [0.4, 0.5) is 0 Å². The van der Waals surface area contributed by atoms with Gasteiger partial charge in [0.15, 0.2) is 11.5 Å². The van der Waals surface area contributed by atoms with E-state index in [4.69, 9.17) is 9.26 Å². The first-order valence-corrected chi connectivity index (χ1v) is 10.9. The Balaban J connectivity index is 1.43. The van der Waals surface area contributed by atoms with Gasteiger partial charge in [-0.1, -0.05) is 35.5 Å². The minimum atomic E-state index is -0.220. The van der Waals surface area contributed by atoms with Gasteiger partial charge in [-0.15, -0.1) is 0 Å². The van der Waals surface area contributed by atoms with Crippen molar-refractivity contribution in [2.24, 2.45) is 0 Å². The summed E-state index contributed by atoms with van der Waals surface area (Å²) in [6.07, 6.45) is 5.57. The highest BCUT2D eigenvalue weighted by Gasteiger charge is 2.27. The molecule has 2 aromatic rings. The predicted octanol–water partition coefficient (Wildman–Crippen LogP) is 3.37. The van der Waals surface area contributed by atoms with Gasteiger partial charge in [0, 0.05) is 50.8 Å². The standard InChI is InChI=1S/C23H29N3O4/c27-22(25-12-5-2-6-13-25)11-14-26(17-19-10-7-15-29-19)23(28)20-16-21(30-24-20)18-8-3-1-4-9-18/h1,3-4,8-9,16,19H,2,5-7,10-15,17H2/t19-/m0/s1. The molecule has 2 aliphatic rings. The minimum absolute atomic E-state index is 0.0135. The molecule has 0 unspecified atom stereocenters. The molecule has 1 atom stereocenters. The van der Waals surface area contributed by atoms with Crippen molar-refractivity contribution in [2.45, 2.75) is 44.6 Å². The molecule has 4 rings (SSSR count). The number of rotatable bonds is 7. The van der Waals surface area contributed by atoms with Crippen LogP contribution in [0.25, 0.3) is 11.3 Å². The van der Waals surface area contributed by atoms with Crippen molar-refractivity contribution in [3.63, 3.8) is 0 Å². The zero-order chi connectivity index (χ0) is 20.8. The molecule has 2 fully saturated rings. The largest absolute Gasteiger partial charge is 0.376 e. The second kappa shape index (κ2) is 9.89. The van der Waals surface area contributed by atoms with Gasteiger partial charge in [0.1, 0.15) is 0 Å². The van der Waals surface area contributed by atoms with E-state index in [1.54, 1.807) is 11.0 Å². The molecule has 1 aromatic heterocycles. The summed E-state index contributed by atoms with van der Waals surface area (Å²) in [4.78, 5) is 29.4. The van der Waals surface area contributed by atoms with Crippen molar-refractivity contribution in [1.29, 1.82) is 0 Å². The maximum absolute atomic E-state index is 13.2. The number of ether oxygens (including phenoxy) is 1. The van der Waals surface area contributed by atoms with Gasteiger partial charge >= 0.3 is 0 Å². The summed E-state index contributed by atoms with van der Waals surface area (Å²) in [5.74, 6) is 0.452. The normalized spacial score (nSPS) is 19.1. The second-order valence-electron chi connectivity index (χ2n) is 8.02. The van der Waals surface area contributed by atoms with Crippen LogP contribution in [0, 0.1) is 0 Å². The fraction of sp³-hybridized carbons (Fsp3) is 0.522. The van der Waals surface area contributed by atoms with Crippen LogP contribution in [0.1, 0.15) is 49.0 Å². The predicted molar refractivity (Wildman–Crippen MR) is 112 cm³/mol. The topological polar surface area (TPSA) is 75.9 Å². The molecule has 160 valence electrons. The fourth-order valence-electron chi connectivity index (χ4n) is 4.12. The molecule has 2 amide bonds. The molecular formula is C23H29N3O4. The number of piperidine rings is 1. The lowest BCUT2D eigenvalue weighted by Crippen LogP contribution is -2.42. The van der Waals surface area contributed by atoms with Gasteiger partial charge in [0.25, 0.3) is 5.91 Å². The molecule has 7 heteroatoms. The van der Waals surface area contributed by atoms with E-state index in [2.05, 4.69) is 5.16 Å². The van der Waals surface area contributed by atoms with Crippen LogP contribution in [0.3, 0.4) is 0 Å². The quantitative estimate of drug-likeness (QED) is 0.698. The molecule has 0 N–H and O–H groups in total. The van der Waals surface area contributed by atoms with Crippen LogP contribution in [0.15, 0.2) is 40.9 Å².